The Labute approximate surface area is 287 Å². The second-order valence-corrected chi connectivity index (χ2v) is 9.64. The first-order valence-corrected chi connectivity index (χ1v) is 15.0. The zero-order chi connectivity index (χ0) is 31.8. The number of aliphatic hydroxyl groups is 2. The molecule has 0 aromatic carbocycles. The molecule has 0 unspecified atom stereocenters. The van der Waals surface area contributed by atoms with Gasteiger partial charge in [0.25, 0.3) is 0 Å². The minimum absolute atomic E-state index is 0. The van der Waals surface area contributed by atoms with Crippen LogP contribution in [0.1, 0.15) is 78.1 Å². The van der Waals surface area contributed by atoms with Gasteiger partial charge in [0.05, 0.1) is 19.1 Å². The van der Waals surface area contributed by atoms with E-state index >= 15 is 0 Å². The zero-order valence-corrected chi connectivity index (χ0v) is 28.6. The molecule has 0 spiro atoms. The second kappa shape index (κ2) is 34.9. The van der Waals surface area contributed by atoms with Crippen LogP contribution in [0.3, 0.4) is 0 Å². The van der Waals surface area contributed by atoms with Crippen LogP contribution in [-0.4, -0.2) is 152 Å². The van der Waals surface area contributed by atoms with Crippen molar-refractivity contribution in [3.63, 3.8) is 0 Å². The van der Waals surface area contributed by atoms with Crippen molar-refractivity contribution in [2.45, 2.75) is 78.1 Å². The van der Waals surface area contributed by atoms with Gasteiger partial charge >= 0.3 is 43.7 Å². The Balaban J connectivity index is -0.000000727. The minimum Gasteiger partial charge on any atom is -0.862 e. The van der Waals surface area contributed by atoms with Gasteiger partial charge in [-0.1, -0.05) is 38.2 Å². The standard InChI is InChI=1S/2C15H28N2O4.Ca/c2*1-2-3-4-5-6-8-14(19)16-9-11-17(10-7-12-18)13-15(20)21;/h2*3-4,18H,2,5-13H2,1H3,(H,16,19)(H,20,21);/q;;+2/p-2/b2*4-3+;. The van der Waals surface area contributed by atoms with Crippen molar-refractivity contribution in [2.24, 2.45) is 4.99 Å². The molecule has 0 atom stereocenters. The molecular formula is C30H54CaN4O8. The predicted octanol–water partition coefficient (Wildman–Crippen LogP) is -0.0567. The van der Waals surface area contributed by atoms with Crippen molar-refractivity contribution in [1.29, 1.82) is 0 Å². The molecule has 0 aromatic rings. The topological polar surface area (TPSA) is 189 Å². The number of hydrogen-bond donors (Lipinski definition) is 4. The van der Waals surface area contributed by atoms with Crippen LogP contribution in [0.15, 0.2) is 29.3 Å². The number of carboxylic acid groups (broad SMARTS) is 2. The minimum atomic E-state index is -1.16. The summed E-state index contributed by atoms with van der Waals surface area (Å²) in [5, 5.41) is 51.2. The van der Waals surface area contributed by atoms with Gasteiger partial charge in [-0.3, -0.25) is 19.4 Å². The van der Waals surface area contributed by atoms with E-state index in [1.54, 1.807) is 9.80 Å². The van der Waals surface area contributed by atoms with Crippen LogP contribution in [0.4, 0.5) is 0 Å². The van der Waals surface area contributed by atoms with Crippen LogP contribution in [0, 0.1) is 0 Å². The molecule has 0 aliphatic rings. The van der Waals surface area contributed by atoms with Gasteiger partial charge in [0.1, 0.15) is 0 Å². The van der Waals surface area contributed by atoms with E-state index in [2.05, 4.69) is 48.5 Å². The SMILES string of the molecule is CC/C=C/CCCC(=O)NCCN(CCCO)CC(=O)O.CC/C=C/CCCC([O-])=NCCN(CCCO)CC(=O)[O-].[Ca+2]. The Morgan fingerprint density at radius 3 is 1.79 bits per heavy atom. The van der Waals surface area contributed by atoms with Gasteiger partial charge in [0.2, 0.25) is 5.91 Å². The molecule has 0 saturated carbocycles. The first-order chi connectivity index (χ1) is 20.2. The third-order valence-corrected chi connectivity index (χ3v) is 5.77. The number of unbranched alkanes of at least 4 members (excludes halogenated alkanes) is 2. The van der Waals surface area contributed by atoms with Gasteiger partial charge in [-0.2, -0.15) is 0 Å². The maximum absolute atomic E-state index is 11.6. The summed E-state index contributed by atoms with van der Waals surface area (Å²) < 4.78 is 0. The molecule has 13 heteroatoms. The number of allylic oxidation sites excluding steroid dienone is 4. The van der Waals surface area contributed by atoms with Crippen LogP contribution in [0.2, 0.25) is 0 Å². The molecule has 0 rings (SSSR count). The predicted molar refractivity (Wildman–Crippen MR) is 167 cm³/mol. The number of aliphatic imine (C=N–C) groups is 1. The average molecular weight is 639 g/mol. The van der Waals surface area contributed by atoms with Crippen molar-refractivity contribution >= 4 is 61.5 Å². The number of aliphatic hydroxyl groups excluding tert-OH is 2. The van der Waals surface area contributed by atoms with E-state index in [-0.39, 0.29) is 82.4 Å². The number of hydrogen-bond acceptors (Lipinski definition) is 10. The normalized spacial score (nSPS) is 11.5. The number of amides is 1. The monoisotopic (exact) mass is 638 g/mol. The quantitative estimate of drug-likeness (QED) is 0.0329. The first kappa shape index (κ1) is 45.9. The largest absolute Gasteiger partial charge is 2.00 e. The Morgan fingerprint density at radius 2 is 1.30 bits per heavy atom. The van der Waals surface area contributed by atoms with E-state index < -0.39 is 11.9 Å². The van der Waals surface area contributed by atoms with E-state index in [0.717, 1.165) is 38.5 Å². The molecule has 0 bridgehead atoms. The molecule has 0 heterocycles. The number of nitrogens with one attached hydrogen (secondary N) is 1. The molecule has 1 amide bonds. The Hall–Kier alpha value is -1.54. The zero-order valence-electron chi connectivity index (χ0n) is 26.4. The van der Waals surface area contributed by atoms with E-state index in [1.807, 2.05) is 0 Å². The van der Waals surface area contributed by atoms with Gasteiger partial charge < -0.3 is 40.6 Å². The van der Waals surface area contributed by atoms with Crippen molar-refractivity contribution in [3.8, 4) is 0 Å². The number of carbonyl (C=O) groups excluding carboxylic acids is 2. The average Bonchev–Trinajstić information content (AvgIpc) is 2.94. The first-order valence-electron chi connectivity index (χ1n) is 15.0. The summed E-state index contributed by atoms with van der Waals surface area (Å²) in [4.78, 5) is 40.1. The van der Waals surface area contributed by atoms with E-state index in [4.69, 9.17) is 15.3 Å². The fourth-order valence-corrected chi connectivity index (χ4v) is 3.66. The maximum atomic E-state index is 11.6. The molecule has 12 nitrogen and oxygen atoms in total. The molecule has 244 valence electrons. The fraction of sp³-hybridized carbons (Fsp3) is 0.733. The molecule has 0 aliphatic carbocycles. The molecular weight excluding hydrogens is 584 g/mol. The molecule has 0 aromatic heterocycles. The van der Waals surface area contributed by atoms with Gasteiger partial charge in [0.15, 0.2) is 0 Å². The van der Waals surface area contributed by atoms with Gasteiger partial charge in [0, 0.05) is 58.9 Å². The molecule has 43 heavy (non-hydrogen) atoms. The van der Waals surface area contributed by atoms with Crippen LogP contribution in [0.5, 0.6) is 0 Å². The smallest absolute Gasteiger partial charge is 0.862 e. The summed E-state index contributed by atoms with van der Waals surface area (Å²) >= 11 is 0. The Kier molecular flexibility index (Phi) is 37.3. The third-order valence-electron chi connectivity index (χ3n) is 5.77. The molecule has 0 radical (unpaired) electrons. The summed E-state index contributed by atoms with van der Waals surface area (Å²) in [7, 11) is 0. The number of nitrogens with zero attached hydrogens (tertiary/aromatic N) is 3. The van der Waals surface area contributed by atoms with E-state index in [9.17, 15) is 24.6 Å². The van der Waals surface area contributed by atoms with Crippen LogP contribution >= 0.6 is 0 Å². The molecule has 0 fully saturated rings. The van der Waals surface area contributed by atoms with Crippen LogP contribution in [-0.2, 0) is 14.4 Å². The molecule has 0 saturated heterocycles. The summed E-state index contributed by atoms with van der Waals surface area (Å²) in [5.74, 6) is -2.21. The van der Waals surface area contributed by atoms with Crippen molar-refractivity contribution in [3.05, 3.63) is 24.3 Å². The van der Waals surface area contributed by atoms with Crippen molar-refractivity contribution < 1.29 is 39.9 Å². The maximum Gasteiger partial charge on any atom is 2.00 e. The number of carbonyl (C=O) groups is 3. The van der Waals surface area contributed by atoms with Crippen LogP contribution < -0.4 is 15.5 Å². The van der Waals surface area contributed by atoms with Crippen LogP contribution in [0.25, 0.3) is 0 Å². The summed E-state index contributed by atoms with van der Waals surface area (Å²) in [5.41, 5.74) is 0. The molecule has 4 N–H and O–H groups in total. The van der Waals surface area contributed by atoms with Crippen molar-refractivity contribution in [1.82, 2.24) is 15.1 Å². The molecule has 0 aliphatic heterocycles. The Bertz CT molecular complexity index is 781. The van der Waals surface area contributed by atoms with Gasteiger partial charge in [-0.15, -0.1) is 0 Å². The van der Waals surface area contributed by atoms with Gasteiger partial charge in [-0.25, -0.2) is 0 Å². The van der Waals surface area contributed by atoms with Gasteiger partial charge in [-0.05, 0) is 63.7 Å². The number of rotatable bonds is 26. The number of carboxylic acids is 2. The third kappa shape index (κ3) is 36.6. The van der Waals surface area contributed by atoms with Crippen molar-refractivity contribution in [2.75, 3.05) is 65.6 Å². The van der Waals surface area contributed by atoms with E-state index in [1.165, 1.54) is 0 Å². The summed E-state index contributed by atoms with van der Waals surface area (Å²) in [6.07, 6.45) is 15.6. The summed E-state index contributed by atoms with van der Waals surface area (Å²) in [6, 6.07) is 0. The van der Waals surface area contributed by atoms with E-state index in [0.29, 0.717) is 58.4 Å². The Morgan fingerprint density at radius 1 is 0.767 bits per heavy atom. The second-order valence-electron chi connectivity index (χ2n) is 9.64. The summed E-state index contributed by atoms with van der Waals surface area (Å²) in [6.45, 7) is 6.45. The number of aliphatic carboxylic acids is 2. The fourth-order valence-electron chi connectivity index (χ4n) is 3.66.